The van der Waals surface area contributed by atoms with E-state index in [9.17, 15) is 0 Å². The van der Waals surface area contributed by atoms with Crippen LogP contribution in [0.3, 0.4) is 0 Å². The monoisotopic (exact) mass is 304 g/mol. The molecule has 2 aromatic carbocycles. The number of hydrogen-bond donors (Lipinski definition) is 0. The molecule has 104 valence electrons. The quantitative estimate of drug-likeness (QED) is 0.579. The molecule has 0 saturated carbocycles. The average molecular weight is 305 g/mol. The molecule has 0 N–H and O–H groups in total. The number of ether oxygens (including phenoxy) is 1. The van der Waals surface area contributed by atoms with E-state index in [0.717, 1.165) is 17.7 Å². The van der Waals surface area contributed by atoms with Gasteiger partial charge in [-0.25, -0.2) is 0 Å². The Morgan fingerprint density at radius 1 is 1.25 bits per heavy atom. The predicted octanol–water partition coefficient (Wildman–Crippen LogP) is 5.06. The number of fused-ring (bicyclic) bond motifs is 1. The second-order valence-corrected chi connectivity index (χ2v) is 6.39. The van der Waals surface area contributed by atoms with Crippen LogP contribution in [0.4, 0.5) is 0 Å². The van der Waals surface area contributed by atoms with Crippen molar-refractivity contribution in [1.29, 1.82) is 0 Å². The van der Waals surface area contributed by atoms with Crippen molar-refractivity contribution in [3.8, 4) is 5.75 Å². The summed E-state index contributed by atoms with van der Waals surface area (Å²) in [6.45, 7) is 2.10. The summed E-state index contributed by atoms with van der Waals surface area (Å²) in [5.41, 5.74) is 3.58. The van der Waals surface area contributed by atoms with Gasteiger partial charge in [-0.3, -0.25) is 0 Å². The summed E-state index contributed by atoms with van der Waals surface area (Å²) in [5.74, 6) is 1.00. The van der Waals surface area contributed by atoms with Crippen LogP contribution in [0, 0.1) is 0 Å². The van der Waals surface area contributed by atoms with E-state index in [1.807, 2.05) is 12.1 Å². The molecule has 2 aromatic rings. The highest BCUT2D eigenvalue weighted by Gasteiger charge is 2.21. The van der Waals surface area contributed by atoms with Gasteiger partial charge in [0, 0.05) is 11.3 Å². The second-order valence-electron chi connectivity index (χ2n) is 5.10. The molecule has 2 unspecified atom stereocenters. The van der Waals surface area contributed by atoms with Crippen molar-refractivity contribution >= 4 is 23.4 Å². The van der Waals surface area contributed by atoms with Crippen LogP contribution in [0.25, 0.3) is 0 Å². The fourth-order valence-corrected chi connectivity index (χ4v) is 3.68. The molecule has 0 saturated heterocycles. The Hall–Kier alpha value is -1.12. The number of thioether (sulfide) groups is 1. The fourth-order valence-electron chi connectivity index (χ4n) is 2.65. The summed E-state index contributed by atoms with van der Waals surface area (Å²) in [4.78, 5) is 1.23. The molecule has 1 nitrogen and oxygen atoms in total. The van der Waals surface area contributed by atoms with Crippen LogP contribution < -0.4 is 4.74 Å². The van der Waals surface area contributed by atoms with E-state index >= 15 is 0 Å². The molecule has 0 aromatic heterocycles. The minimum absolute atomic E-state index is 0.111. The number of benzene rings is 2. The highest BCUT2D eigenvalue weighted by atomic mass is 35.5. The molecule has 0 aliphatic carbocycles. The Morgan fingerprint density at radius 2 is 2.05 bits per heavy atom. The summed E-state index contributed by atoms with van der Waals surface area (Å²) >= 11 is 8.43. The molecule has 3 heteroatoms. The third kappa shape index (κ3) is 2.55. The van der Waals surface area contributed by atoms with Gasteiger partial charge >= 0.3 is 0 Å². The van der Waals surface area contributed by atoms with Crippen molar-refractivity contribution in [3.05, 3.63) is 59.2 Å². The number of rotatable bonds is 3. The number of halogens is 1. The van der Waals surface area contributed by atoms with Crippen LogP contribution in [0.15, 0.2) is 47.4 Å². The van der Waals surface area contributed by atoms with Crippen LogP contribution in [-0.4, -0.2) is 12.4 Å². The standard InChI is InChI=1S/C17H17ClOS/c1-11-9-13-10-12(7-8-15(13)19-11)17(18)14-5-3-4-6-16(14)20-2/h3-8,10-11,17H,9H2,1-2H3. The maximum Gasteiger partial charge on any atom is 0.123 e. The zero-order valence-corrected chi connectivity index (χ0v) is 13.2. The first-order valence-corrected chi connectivity index (χ1v) is 8.41. The smallest absolute Gasteiger partial charge is 0.123 e. The Bertz CT molecular complexity index is 626. The zero-order chi connectivity index (χ0) is 14.1. The normalized spacial score (nSPS) is 18.4. The third-order valence-electron chi connectivity index (χ3n) is 3.62. The summed E-state index contributed by atoms with van der Waals surface area (Å²) in [6, 6.07) is 14.6. The summed E-state index contributed by atoms with van der Waals surface area (Å²) < 4.78 is 5.74. The van der Waals surface area contributed by atoms with Crippen molar-refractivity contribution in [2.75, 3.05) is 6.26 Å². The maximum absolute atomic E-state index is 6.70. The lowest BCUT2D eigenvalue weighted by molar-refractivity contribution is 0.254. The van der Waals surface area contributed by atoms with E-state index in [0.29, 0.717) is 0 Å². The van der Waals surface area contributed by atoms with Crippen LogP contribution in [-0.2, 0) is 6.42 Å². The molecular weight excluding hydrogens is 288 g/mol. The highest BCUT2D eigenvalue weighted by Crippen LogP contribution is 2.38. The lowest BCUT2D eigenvalue weighted by atomic mass is 10.0. The Kier molecular flexibility index (Phi) is 3.95. The molecular formula is C17H17ClOS. The summed E-state index contributed by atoms with van der Waals surface area (Å²) in [6.07, 6.45) is 3.32. The van der Waals surface area contributed by atoms with Gasteiger partial charge in [0.2, 0.25) is 0 Å². The van der Waals surface area contributed by atoms with Gasteiger partial charge in [-0.1, -0.05) is 30.3 Å². The molecule has 20 heavy (non-hydrogen) atoms. The van der Waals surface area contributed by atoms with Crippen molar-refractivity contribution in [2.45, 2.75) is 29.7 Å². The van der Waals surface area contributed by atoms with E-state index < -0.39 is 0 Å². The first-order valence-electron chi connectivity index (χ1n) is 6.75. The minimum atomic E-state index is -0.111. The third-order valence-corrected chi connectivity index (χ3v) is 4.92. The fraction of sp³-hybridized carbons (Fsp3) is 0.294. The molecule has 0 amide bonds. The lowest BCUT2D eigenvalue weighted by Gasteiger charge is -2.14. The van der Waals surface area contributed by atoms with Gasteiger partial charge in [0.25, 0.3) is 0 Å². The van der Waals surface area contributed by atoms with Gasteiger partial charge < -0.3 is 4.74 Å². The van der Waals surface area contributed by atoms with Crippen molar-refractivity contribution < 1.29 is 4.74 Å². The first kappa shape index (κ1) is 13.8. The molecule has 1 heterocycles. The van der Waals surface area contributed by atoms with E-state index in [1.54, 1.807) is 11.8 Å². The number of hydrogen-bond acceptors (Lipinski definition) is 2. The van der Waals surface area contributed by atoms with Gasteiger partial charge in [-0.2, -0.15) is 0 Å². The van der Waals surface area contributed by atoms with E-state index in [2.05, 4.69) is 43.5 Å². The minimum Gasteiger partial charge on any atom is -0.490 e. The van der Waals surface area contributed by atoms with Crippen LogP contribution in [0.2, 0.25) is 0 Å². The van der Waals surface area contributed by atoms with Gasteiger partial charge in [-0.15, -0.1) is 23.4 Å². The van der Waals surface area contributed by atoms with Crippen LogP contribution in [0.1, 0.15) is 29.0 Å². The Morgan fingerprint density at radius 3 is 2.85 bits per heavy atom. The lowest BCUT2D eigenvalue weighted by Crippen LogP contribution is -2.05. The van der Waals surface area contributed by atoms with Crippen molar-refractivity contribution in [1.82, 2.24) is 0 Å². The topological polar surface area (TPSA) is 9.23 Å². The Balaban J connectivity index is 1.95. The van der Waals surface area contributed by atoms with E-state index in [4.69, 9.17) is 16.3 Å². The molecule has 0 radical (unpaired) electrons. The van der Waals surface area contributed by atoms with Gasteiger partial charge in [0.1, 0.15) is 11.9 Å². The molecule has 0 spiro atoms. The highest BCUT2D eigenvalue weighted by molar-refractivity contribution is 7.98. The van der Waals surface area contributed by atoms with Gasteiger partial charge in [0.05, 0.1) is 5.38 Å². The van der Waals surface area contributed by atoms with E-state index in [1.165, 1.54) is 16.0 Å². The SMILES string of the molecule is CSc1ccccc1C(Cl)c1ccc2c(c1)CC(C)O2. The van der Waals surface area contributed by atoms with Crippen LogP contribution >= 0.6 is 23.4 Å². The number of alkyl halides is 1. The van der Waals surface area contributed by atoms with Crippen molar-refractivity contribution in [2.24, 2.45) is 0 Å². The zero-order valence-electron chi connectivity index (χ0n) is 11.6. The molecule has 0 fully saturated rings. The van der Waals surface area contributed by atoms with E-state index in [-0.39, 0.29) is 11.5 Å². The second kappa shape index (κ2) is 5.71. The molecule has 3 rings (SSSR count). The maximum atomic E-state index is 6.70. The van der Waals surface area contributed by atoms with Gasteiger partial charge in [0.15, 0.2) is 0 Å². The van der Waals surface area contributed by atoms with Gasteiger partial charge in [-0.05, 0) is 42.0 Å². The van der Waals surface area contributed by atoms with Crippen LogP contribution in [0.5, 0.6) is 5.75 Å². The largest absolute Gasteiger partial charge is 0.490 e. The van der Waals surface area contributed by atoms with Crippen molar-refractivity contribution in [3.63, 3.8) is 0 Å². The predicted molar refractivity (Wildman–Crippen MR) is 86.2 cm³/mol. The average Bonchev–Trinajstić information content (AvgIpc) is 2.85. The summed E-state index contributed by atoms with van der Waals surface area (Å²) in [7, 11) is 0. The molecule has 1 aliphatic heterocycles. The summed E-state index contributed by atoms with van der Waals surface area (Å²) in [5, 5.41) is -0.111. The Labute approximate surface area is 129 Å². The first-order chi connectivity index (χ1) is 9.69. The molecule has 2 atom stereocenters. The molecule has 1 aliphatic rings. The molecule has 0 bridgehead atoms.